The first kappa shape index (κ1) is 30.8. The average Bonchev–Trinajstić information content (AvgIpc) is 3.24. The van der Waals surface area contributed by atoms with Gasteiger partial charge in [0.05, 0.1) is 12.0 Å². The van der Waals surface area contributed by atoms with E-state index in [-0.39, 0.29) is 72.5 Å². The number of aliphatic hydroxyl groups is 1. The molecule has 43 heavy (non-hydrogen) atoms. The smallest absolute Gasteiger partial charge is 0.335 e. The second-order valence-electron chi connectivity index (χ2n) is 13.2. The van der Waals surface area contributed by atoms with E-state index in [1.807, 2.05) is 6.92 Å². The van der Waals surface area contributed by atoms with Gasteiger partial charge >= 0.3 is 11.9 Å². The Morgan fingerprint density at radius 1 is 1.00 bits per heavy atom. The Kier molecular flexibility index (Phi) is 8.19. The number of hydrogen-bond donors (Lipinski definition) is 3. The van der Waals surface area contributed by atoms with Crippen molar-refractivity contribution >= 4 is 35.2 Å². The number of aromatic carboxylic acids is 1. The highest BCUT2D eigenvalue weighted by Gasteiger charge is 2.68. The number of Topliss-reactive ketones (excluding diaryl/α,β-unsaturated/α-hetero) is 2. The zero-order valence-corrected chi connectivity index (χ0v) is 24.6. The van der Waals surface area contributed by atoms with Crippen LogP contribution in [0.2, 0.25) is 0 Å². The van der Waals surface area contributed by atoms with Crippen LogP contribution >= 0.6 is 0 Å². The van der Waals surface area contributed by atoms with Gasteiger partial charge in [0.25, 0.3) is 0 Å². The Morgan fingerprint density at radius 2 is 1.72 bits per heavy atom. The highest BCUT2D eigenvalue weighted by molar-refractivity contribution is 5.95. The van der Waals surface area contributed by atoms with E-state index in [1.54, 1.807) is 18.2 Å². The second kappa shape index (κ2) is 11.4. The van der Waals surface area contributed by atoms with Crippen molar-refractivity contribution in [3.63, 3.8) is 0 Å². The summed E-state index contributed by atoms with van der Waals surface area (Å²) in [4.78, 5) is 74.7. The molecule has 4 aliphatic rings. The van der Waals surface area contributed by atoms with E-state index >= 15 is 0 Å². The lowest BCUT2D eigenvalue weighted by molar-refractivity contribution is -0.173. The molecule has 3 N–H and O–H groups in total. The first-order valence-corrected chi connectivity index (χ1v) is 15.1. The minimum Gasteiger partial charge on any atom is -0.478 e. The highest BCUT2D eigenvalue weighted by Crippen LogP contribution is 2.66. The summed E-state index contributed by atoms with van der Waals surface area (Å²) in [7, 11) is 0. The highest BCUT2D eigenvalue weighted by atomic mass is 16.5. The van der Waals surface area contributed by atoms with Crippen LogP contribution in [-0.2, 0) is 35.3 Å². The number of carboxylic acid groups (broad SMARTS) is 1. The molecule has 0 unspecified atom stereocenters. The lowest BCUT2D eigenvalue weighted by Gasteiger charge is -2.57. The number of carboxylic acids is 1. The van der Waals surface area contributed by atoms with Crippen LogP contribution in [0.25, 0.3) is 0 Å². The van der Waals surface area contributed by atoms with Crippen LogP contribution in [0, 0.1) is 28.6 Å². The number of benzene rings is 1. The van der Waals surface area contributed by atoms with E-state index < -0.39 is 41.3 Å². The summed E-state index contributed by atoms with van der Waals surface area (Å²) in [5.74, 6) is -2.95. The van der Waals surface area contributed by atoms with Crippen molar-refractivity contribution < 1.29 is 43.7 Å². The van der Waals surface area contributed by atoms with E-state index in [2.05, 4.69) is 12.2 Å². The predicted molar refractivity (Wildman–Crippen MR) is 152 cm³/mol. The van der Waals surface area contributed by atoms with Gasteiger partial charge in [0, 0.05) is 37.1 Å². The predicted octanol–water partition coefficient (Wildman–Crippen LogP) is 3.34. The summed E-state index contributed by atoms with van der Waals surface area (Å²) in [6.45, 7) is 3.43. The fourth-order valence-electron chi connectivity index (χ4n) is 8.45. The van der Waals surface area contributed by atoms with E-state index in [0.717, 1.165) is 18.4 Å². The van der Waals surface area contributed by atoms with Gasteiger partial charge in [-0.05, 0) is 73.1 Å². The summed E-state index contributed by atoms with van der Waals surface area (Å²) in [6.07, 6.45) is 4.69. The van der Waals surface area contributed by atoms with E-state index in [0.29, 0.717) is 24.8 Å². The van der Waals surface area contributed by atoms with E-state index in [4.69, 9.17) is 9.84 Å². The van der Waals surface area contributed by atoms with Crippen molar-refractivity contribution in [3.8, 4) is 0 Å². The molecule has 230 valence electrons. The third-order valence-corrected chi connectivity index (χ3v) is 10.9. The third-order valence-electron chi connectivity index (χ3n) is 10.9. The fourth-order valence-corrected chi connectivity index (χ4v) is 8.45. The van der Waals surface area contributed by atoms with Crippen LogP contribution < -0.4 is 5.32 Å². The molecular formula is C33H39NO9. The van der Waals surface area contributed by atoms with Gasteiger partial charge in [-0.15, -0.1) is 0 Å². The number of allylic oxidation sites excluding steroid dienone is 1. The number of rotatable bonds is 9. The number of fused-ring (bicyclic) bond motifs is 5. The first-order valence-electron chi connectivity index (χ1n) is 15.1. The summed E-state index contributed by atoms with van der Waals surface area (Å²) >= 11 is 0. The molecule has 0 aromatic heterocycles. The Morgan fingerprint density at radius 3 is 2.42 bits per heavy atom. The van der Waals surface area contributed by atoms with Crippen molar-refractivity contribution in [2.75, 3.05) is 6.61 Å². The van der Waals surface area contributed by atoms with E-state index in [1.165, 1.54) is 12.1 Å². The summed E-state index contributed by atoms with van der Waals surface area (Å²) < 4.78 is 5.18. The standard InChI is InChI=1S/C33H39NO9/c1-31-13-11-22(35)15-21(31)7-8-23-24-12-14-33(42,32(24,2)16-25(36)29(23)31)26(37)18-43-28(39)10-9-27(38)34-17-19-3-5-20(6-4-19)30(40)41/h3-6,15,23-24,29,42H,7-14,16-18H2,1-2H3,(H,34,38)(H,40,41)/t23-,24-,29+,31+,32+,33+/m1/s1. The van der Waals surface area contributed by atoms with Crippen molar-refractivity contribution in [2.45, 2.75) is 83.8 Å². The molecule has 3 saturated carbocycles. The Labute approximate surface area is 250 Å². The molecule has 0 spiro atoms. The maximum Gasteiger partial charge on any atom is 0.335 e. The number of nitrogens with one attached hydrogen (secondary N) is 1. The van der Waals surface area contributed by atoms with Gasteiger partial charge in [0.2, 0.25) is 11.7 Å². The van der Waals surface area contributed by atoms with Crippen LogP contribution in [0.5, 0.6) is 0 Å². The molecule has 1 aromatic carbocycles. The number of hydrogen-bond acceptors (Lipinski definition) is 8. The monoisotopic (exact) mass is 593 g/mol. The molecular weight excluding hydrogens is 554 g/mol. The number of carbonyl (C=O) groups is 6. The second-order valence-corrected chi connectivity index (χ2v) is 13.2. The third kappa shape index (κ3) is 5.46. The molecule has 0 bridgehead atoms. The Bertz CT molecular complexity index is 1400. The summed E-state index contributed by atoms with van der Waals surface area (Å²) in [6, 6.07) is 6.04. The lowest BCUT2D eigenvalue weighted by Crippen LogP contribution is -2.61. The van der Waals surface area contributed by atoms with Gasteiger partial charge in [0.1, 0.15) is 11.4 Å². The van der Waals surface area contributed by atoms with Crippen molar-refractivity contribution in [2.24, 2.45) is 28.6 Å². The lowest BCUT2D eigenvalue weighted by atomic mass is 9.46. The van der Waals surface area contributed by atoms with Crippen LogP contribution in [0.3, 0.4) is 0 Å². The Hall–Kier alpha value is -3.66. The van der Waals surface area contributed by atoms with Gasteiger partial charge in [-0.2, -0.15) is 0 Å². The molecule has 6 atom stereocenters. The maximum atomic E-state index is 13.7. The van der Waals surface area contributed by atoms with Crippen LogP contribution in [0.15, 0.2) is 35.9 Å². The number of amides is 1. The molecule has 0 saturated heterocycles. The SMILES string of the molecule is C[C@]12CCC(=O)C=C1CC[C@H]1[C@H]2C(=O)C[C@@]2(C)[C@@H]1CC[C@]2(O)C(=O)COC(=O)CCC(=O)NCc1ccc(C(=O)O)cc1. The average molecular weight is 594 g/mol. The van der Waals surface area contributed by atoms with Crippen LogP contribution in [0.1, 0.15) is 87.6 Å². The molecule has 0 radical (unpaired) electrons. The molecule has 4 aliphatic carbocycles. The molecule has 1 amide bonds. The zero-order valence-electron chi connectivity index (χ0n) is 24.6. The zero-order chi connectivity index (χ0) is 31.2. The van der Waals surface area contributed by atoms with Crippen molar-refractivity contribution in [1.82, 2.24) is 5.32 Å². The number of carbonyl (C=O) groups excluding carboxylic acids is 5. The van der Waals surface area contributed by atoms with Gasteiger partial charge in [-0.1, -0.05) is 31.6 Å². The fraction of sp³-hybridized carbons (Fsp3) is 0.576. The Balaban J connectivity index is 1.14. The van der Waals surface area contributed by atoms with Gasteiger partial charge in [0.15, 0.2) is 12.4 Å². The minimum absolute atomic E-state index is 0.0135. The number of esters is 1. The van der Waals surface area contributed by atoms with Gasteiger partial charge in [-0.3, -0.25) is 24.0 Å². The normalized spacial score (nSPS) is 33.0. The minimum atomic E-state index is -1.80. The van der Waals surface area contributed by atoms with Crippen molar-refractivity contribution in [3.05, 3.63) is 47.0 Å². The quantitative estimate of drug-likeness (QED) is 0.364. The molecule has 10 heteroatoms. The first-order chi connectivity index (χ1) is 20.3. The van der Waals surface area contributed by atoms with Crippen molar-refractivity contribution in [1.29, 1.82) is 0 Å². The van der Waals surface area contributed by atoms with Gasteiger partial charge < -0.3 is 20.3 Å². The van der Waals surface area contributed by atoms with Crippen LogP contribution in [-0.4, -0.2) is 57.6 Å². The summed E-state index contributed by atoms with van der Waals surface area (Å²) in [5, 5.41) is 23.4. The molecule has 1 aromatic rings. The molecule has 0 aliphatic heterocycles. The number of ether oxygens (including phenoxy) is 1. The van der Waals surface area contributed by atoms with Gasteiger partial charge in [-0.25, -0.2) is 4.79 Å². The molecule has 10 nitrogen and oxygen atoms in total. The number of ketones is 3. The topological polar surface area (TPSA) is 164 Å². The van der Waals surface area contributed by atoms with Crippen LogP contribution in [0.4, 0.5) is 0 Å². The molecule has 5 rings (SSSR count). The molecule has 3 fully saturated rings. The maximum absolute atomic E-state index is 13.7. The largest absolute Gasteiger partial charge is 0.478 e. The summed E-state index contributed by atoms with van der Waals surface area (Å²) in [5.41, 5.74) is -1.25. The molecule has 0 heterocycles. The van der Waals surface area contributed by atoms with E-state index in [9.17, 15) is 33.9 Å².